The summed E-state index contributed by atoms with van der Waals surface area (Å²) in [6.07, 6.45) is 0.792. The summed E-state index contributed by atoms with van der Waals surface area (Å²) in [4.78, 5) is 24.4. The van der Waals surface area contributed by atoms with Gasteiger partial charge in [-0.2, -0.15) is 0 Å². The molecular formula is C14H21FN3O2+. The van der Waals surface area contributed by atoms with Crippen molar-refractivity contribution in [2.45, 2.75) is 13.3 Å². The SMILES string of the molecule is Cc1ccc(NC(=O)C(=O)NCCC[NH+](C)C)cc1F. The molecule has 5 nitrogen and oxygen atoms in total. The molecule has 0 spiro atoms. The monoisotopic (exact) mass is 282 g/mol. The van der Waals surface area contributed by atoms with E-state index in [1.807, 2.05) is 14.1 Å². The average molecular weight is 282 g/mol. The van der Waals surface area contributed by atoms with Gasteiger partial charge in [-0.3, -0.25) is 9.59 Å². The van der Waals surface area contributed by atoms with Crippen LogP contribution in [0.3, 0.4) is 0 Å². The van der Waals surface area contributed by atoms with Crippen LogP contribution < -0.4 is 15.5 Å². The minimum absolute atomic E-state index is 0.269. The summed E-state index contributed by atoms with van der Waals surface area (Å²) in [5.41, 5.74) is 0.754. The Morgan fingerprint density at radius 3 is 2.55 bits per heavy atom. The zero-order chi connectivity index (χ0) is 15.1. The number of aryl methyl sites for hydroxylation is 1. The van der Waals surface area contributed by atoms with E-state index in [1.54, 1.807) is 19.1 Å². The van der Waals surface area contributed by atoms with Gasteiger partial charge in [0.2, 0.25) is 0 Å². The van der Waals surface area contributed by atoms with Crippen molar-refractivity contribution in [2.24, 2.45) is 0 Å². The van der Waals surface area contributed by atoms with Crippen LogP contribution >= 0.6 is 0 Å². The van der Waals surface area contributed by atoms with Crippen molar-refractivity contribution in [3.63, 3.8) is 0 Å². The molecule has 0 aliphatic rings. The fraction of sp³-hybridized carbons (Fsp3) is 0.429. The first-order valence-corrected chi connectivity index (χ1v) is 6.54. The van der Waals surface area contributed by atoms with Crippen molar-refractivity contribution < 1.29 is 18.9 Å². The summed E-state index contributed by atoms with van der Waals surface area (Å²) < 4.78 is 13.3. The molecule has 1 aromatic carbocycles. The fourth-order valence-corrected chi connectivity index (χ4v) is 1.58. The number of benzene rings is 1. The van der Waals surface area contributed by atoms with Gasteiger partial charge in [0, 0.05) is 18.7 Å². The number of quaternary nitrogens is 1. The lowest BCUT2D eigenvalue weighted by atomic mass is 10.2. The van der Waals surface area contributed by atoms with Crippen LogP contribution in [-0.4, -0.2) is 39.0 Å². The Balaban J connectivity index is 2.41. The van der Waals surface area contributed by atoms with E-state index >= 15 is 0 Å². The number of amides is 2. The maximum atomic E-state index is 13.3. The quantitative estimate of drug-likeness (QED) is 0.514. The molecule has 0 saturated heterocycles. The molecule has 2 amide bonds. The van der Waals surface area contributed by atoms with Crippen LogP contribution in [0.5, 0.6) is 0 Å². The third-order valence-electron chi connectivity index (χ3n) is 2.78. The molecular weight excluding hydrogens is 261 g/mol. The number of nitrogens with one attached hydrogen (secondary N) is 3. The van der Waals surface area contributed by atoms with Crippen molar-refractivity contribution in [1.29, 1.82) is 0 Å². The topological polar surface area (TPSA) is 62.6 Å². The Morgan fingerprint density at radius 1 is 1.25 bits per heavy atom. The second-order valence-corrected chi connectivity index (χ2v) is 4.98. The number of carbonyl (C=O) groups is 2. The van der Waals surface area contributed by atoms with Crippen molar-refractivity contribution in [3.05, 3.63) is 29.6 Å². The van der Waals surface area contributed by atoms with Gasteiger partial charge in [-0.15, -0.1) is 0 Å². The predicted octanol–water partition coefficient (Wildman–Crippen LogP) is -0.277. The summed E-state index contributed by atoms with van der Waals surface area (Å²) in [7, 11) is 4.03. The van der Waals surface area contributed by atoms with Gasteiger partial charge in [0.15, 0.2) is 0 Å². The van der Waals surface area contributed by atoms with Crippen LogP contribution in [-0.2, 0) is 9.59 Å². The molecule has 0 aliphatic heterocycles. The van der Waals surface area contributed by atoms with Crippen molar-refractivity contribution in [3.8, 4) is 0 Å². The zero-order valence-electron chi connectivity index (χ0n) is 12.0. The molecule has 0 aliphatic carbocycles. The van der Waals surface area contributed by atoms with Crippen LogP contribution in [0.25, 0.3) is 0 Å². The van der Waals surface area contributed by atoms with E-state index in [-0.39, 0.29) is 5.69 Å². The third kappa shape index (κ3) is 5.36. The Hall–Kier alpha value is -1.95. The molecule has 20 heavy (non-hydrogen) atoms. The number of carbonyl (C=O) groups excluding carboxylic acids is 2. The zero-order valence-corrected chi connectivity index (χ0v) is 12.0. The van der Waals surface area contributed by atoms with Crippen LogP contribution in [0, 0.1) is 12.7 Å². The lowest BCUT2D eigenvalue weighted by molar-refractivity contribution is -0.858. The van der Waals surface area contributed by atoms with Gasteiger partial charge >= 0.3 is 11.8 Å². The molecule has 0 atom stereocenters. The van der Waals surface area contributed by atoms with Crippen molar-refractivity contribution in [2.75, 3.05) is 32.5 Å². The number of halogens is 1. The van der Waals surface area contributed by atoms with Gasteiger partial charge in [-0.1, -0.05) is 6.07 Å². The van der Waals surface area contributed by atoms with E-state index in [0.717, 1.165) is 13.0 Å². The first kappa shape index (κ1) is 16.1. The van der Waals surface area contributed by atoms with Crippen LogP contribution in [0.15, 0.2) is 18.2 Å². The molecule has 6 heteroatoms. The number of hydrogen-bond acceptors (Lipinski definition) is 2. The van der Waals surface area contributed by atoms with Crippen LogP contribution in [0.2, 0.25) is 0 Å². The molecule has 0 bridgehead atoms. The van der Waals surface area contributed by atoms with Crippen molar-refractivity contribution >= 4 is 17.5 Å². The van der Waals surface area contributed by atoms with E-state index in [4.69, 9.17) is 0 Å². The van der Waals surface area contributed by atoms with Crippen LogP contribution in [0.1, 0.15) is 12.0 Å². The van der Waals surface area contributed by atoms with E-state index in [9.17, 15) is 14.0 Å². The minimum Gasteiger partial charge on any atom is -0.348 e. The largest absolute Gasteiger partial charge is 0.348 e. The number of anilines is 1. The van der Waals surface area contributed by atoms with E-state index in [1.165, 1.54) is 11.0 Å². The van der Waals surface area contributed by atoms with E-state index in [0.29, 0.717) is 12.1 Å². The highest BCUT2D eigenvalue weighted by atomic mass is 19.1. The minimum atomic E-state index is -0.787. The molecule has 3 N–H and O–H groups in total. The molecule has 1 rings (SSSR count). The molecule has 0 saturated carbocycles. The third-order valence-corrected chi connectivity index (χ3v) is 2.78. The standard InChI is InChI=1S/C14H20FN3O2/c1-10-5-6-11(9-12(10)15)17-14(20)13(19)16-7-4-8-18(2)3/h5-6,9H,4,7-8H2,1-3H3,(H,16,19)(H,17,20)/p+1. The summed E-state index contributed by atoms with van der Waals surface area (Å²) >= 11 is 0. The molecule has 110 valence electrons. The lowest BCUT2D eigenvalue weighted by Crippen LogP contribution is -3.05. The van der Waals surface area contributed by atoms with Gasteiger partial charge in [0.05, 0.1) is 20.6 Å². The Kier molecular flexibility index (Phi) is 6.11. The number of rotatable bonds is 5. The van der Waals surface area contributed by atoms with Gasteiger partial charge in [-0.25, -0.2) is 4.39 Å². The first-order valence-electron chi connectivity index (χ1n) is 6.54. The summed E-state index contributed by atoms with van der Waals surface area (Å²) in [5.74, 6) is -1.91. The highest BCUT2D eigenvalue weighted by Crippen LogP contribution is 2.13. The highest BCUT2D eigenvalue weighted by Gasteiger charge is 2.13. The molecule has 1 aromatic rings. The molecule has 0 heterocycles. The van der Waals surface area contributed by atoms with Gasteiger partial charge < -0.3 is 15.5 Å². The Bertz CT molecular complexity index is 489. The maximum Gasteiger partial charge on any atom is 0.313 e. The molecule has 0 unspecified atom stereocenters. The van der Waals surface area contributed by atoms with Gasteiger partial charge in [0.1, 0.15) is 5.82 Å². The summed E-state index contributed by atoms with van der Waals surface area (Å²) in [6.45, 7) is 2.98. The van der Waals surface area contributed by atoms with Crippen molar-refractivity contribution in [1.82, 2.24) is 5.32 Å². The molecule has 0 aromatic heterocycles. The Morgan fingerprint density at radius 2 is 1.95 bits per heavy atom. The maximum absolute atomic E-state index is 13.3. The Labute approximate surface area is 118 Å². The fourth-order valence-electron chi connectivity index (χ4n) is 1.58. The first-order chi connectivity index (χ1) is 9.40. The smallest absolute Gasteiger partial charge is 0.313 e. The highest BCUT2D eigenvalue weighted by molar-refractivity contribution is 6.39. The summed E-state index contributed by atoms with van der Waals surface area (Å²) in [5, 5.41) is 4.89. The second-order valence-electron chi connectivity index (χ2n) is 4.98. The van der Waals surface area contributed by atoms with E-state index < -0.39 is 17.6 Å². The molecule has 0 radical (unpaired) electrons. The summed E-state index contributed by atoms with van der Waals surface area (Å²) in [6, 6.07) is 4.29. The van der Waals surface area contributed by atoms with E-state index in [2.05, 4.69) is 10.6 Å². The van der Waals surface area contributed by atoms with Gasteiger partial charge in [0.25, 0.3) is 0 Å². The van der Waals surface area contributed by atoms with Gasteiger partial charge in [-0.05, 0) is 24.6 Å². The predicted molar refractivity (Wildman–Crippen MR) is 75.1 cm³/mol. The second kappa shape index (κ2) is 7.59. The lowest BCUT2D eigenvalue weighted by Gasteiger charge is -2.09. The number of hydrogen-bond donors (Lipinski definition) is 3. The molecule has 0 fully saturated rings. The van der Waals surface area contributed by atoms with Crippen LogP contribution in [0.4, 0.5) is 10.1 Å². The average Bonchev–Trinajstić information content (AvgIpc) is 2.38. The normalized spacial score (nSPS) is 10.4.